The number of nitrogens with zero attached hydrogens (tertiary/aromatic N) is 1. The first kappa shape index (κ1) is 19.2. The zero-order chi connectivity index (χ0) is 15.9. The molecule has 122 valence electrons. The van der Waals surface area contributed by atoms with Gasteiger partial charge in [-0.25, -0.2) is 4.99 Å². The fourth-order valence-corrected chi connectivity index (χ4v) is 2.42. The minimum Gasteiger partial charge on any atom is -0.478 e. The molecule has 1 aromatic rings. The molecule has 0 aromatic heterocycles. The molecule has 0 saturated heterocycles. The Balaban J connectivity index is 0.000000300. The van der Waals surface area contributed by atoms with E-state index >= 15 is 0 Å². The molecule has 24 heavy (non-hydrogen) atoms. The molecule has 1 aromatic carbocycles. The Morgan fingerprint density at radius 1 is 0.958 bits per heavy atom. The van der Waals surface area contributed by atoms with Crippen molar-refractivity contribution in [3.63, 3.8) is 0 Å². The van der Waals surface area contributed by atoms with Crippen LogP contribution in [0.2, 0.25) is 0 Å². The number of hydrogen-bond donors (Lipinski definition) is 0. The zero-order valence-electron chi connectivity index (χ0n) is 13.0. The van der Waals surface area contributed by atoms with Crippen LogP contribution in [-0.2, 0) is 26.6 Å². The monoisotopic (exact) mass is 359 g/mol. The summed E-state index contributed by atoms with van der Waals surface area (Å²) >= 11 is 0. The third kappa shape index (κ3) is 4.94. The topological polar surface area (TPSA) is 38.7 Å². The summed E-state index contributed by atoms with van der Waals surface area (Å²) < 4.78 is 5.60. The molecule has 1 unspecified atom stereocenters. The summed E-state index contributed by atoms with van der Waals surface area (Å²) in [4.78, 5) is 15.4. The maximum Gasteiger partial charge on any atom is 0.192 e. The Kier molecular flexibility index (Phi) is 8.01. The van der Waals surface area contributed by atoms with Crippen molar-refractivity contribution in [1.82, 2.24) is 0 Å². The standard InChI is InChI=1S/C15H12NO2.C5H5.Fe/c17-9-12-7-4-8-13(12)15-16-14(10-18-15)11-5-2-1-3-6-11;1-2-4-5-3-1;/h1-9,14H,10H2;1-5H;. The van der Waals surface area contributed by atoms with Gasteiger partial charge >= 0.3 is 0 Å². The van der Waals surface area contributed by atoms with Crippen molar-refractivity contribution in [2.24, 2.45) is 4.99 Å². The summed E-state index contributed by atoms with van der Waals surface area (Å²) in [5.41, 5.74) is 1.13. The second kappa shape index (κ2) is 10.0. The fourth-order valence-electron chi connectivity index (χ4n) is 2.42. The molecule has 0 N–H and O–H groups in total. The Morgan fingerprint density at radius 3 is 2.25 bits per heavy atom. The van der Waals surface area contributed by atoms with E-state index in [4.69, 9.17) is 4.74 Å². The fraction of sp³-hybridized carbons (Fsp3) is 0.100. The average molecular weight is 359 g/mol. The molecule has 10 radical (unpaired) electrons. The van der Waals surface area contributed by atoms with E-state index in [0.29, 0.717) is 18.4 Å². The summed E-state index contributed by atoms with van der Waals surface area (Å²) in [6.07, 6.45) is 16.3. The van der Waals surface area contributed by atoms with Crippen molar-refractivity contribution in [1.29, 1.82) is 0 Å². The molecule has 0 amide bonds. The van der Waals surface area contributed by atoms with Gasteiger partial charge in [-0.05, 0) is 56.9 Å². The van der Waals surface area contributed by atoms with E-state index in [1.54, 1.807) is 6.42 Å². The normalized spacial score (nSPS) is 23.7. The molecule has 4 heteroatoms. The summed E-state index contributed by atoms with van der Waals surface area (Å²) in [6.45, 7) is 0.531. The second-order valence-corrected chi connectivity index (χ2v) is 5.15. The van der Waals surface area contributed by atoms with E-state index in [1.807, 2.05) is 75.3 Å². The maximum absolute atomic E-state index is 10.9. The van der Waals surface area contributed by atoms with Gasteiger partial charge < -0.3 is 9.53 Å². The van der Waals surface area contributed by atoms with Crippen molar-refractivity contribution in [3.05, 3.63) is 99.1 Å². The number of benzene rings is 1. The van der Waals surface area contributed by atoms with E-state index in [9.17, 15) is 4.79 Å². The van der Waals surface area contributed by atoms with Gasteiger partial charge in [0.15, 0.2) is 5.90 Å². The van der Waals surface area contributed by atoms with Gasteiger partial charge in [-0.2, -0.15) is 0 Å². The van der Waals surface area contributed by atoms with Gasteiger partial charge in [0.25, 0.3) is 0 Å². The number of hydrogen-bond acceptors (Lipinski definition) is 3. The largest absolute Gasteiger partial charge is 0.478 e. The molecule has 2 aliphatic carbocycles. The van der Waals surface area contributed by atoms with E-state index in [0.717, 1.165) is 17.8 Å². The average Bonchev–Trinajstić information content (AvgIpc) is 3.37. The number of rotatable bonds is 3. The number of carbonyl (C=O) groups excluding carboxylic acids is 1. The van der Waals surface area contributed by atoms with Crippen LogP contribution in [0.4, 0.5) is 0 Å². The predicted octanol–water partition coefficient (Wildman–Crippen LogP) is 3.15. The third-order valence-corrected chi connectivity index (χ3v) is 3.60. The van der Waals surface area contributed by atoms with E-state index in [-0.39, 0.29) is 23.1 Å². The summed E-state index contributed by atoms with van der Waals surface area (Å²) in [6, 6.07) is 10.0. The zero-order valence-corrected chi connectivity index (χ0v) is 14.1. The molecular formula is C20H17FeNO2. The first-order valence-electron chi connectivity index (χ1n) is 7.52. The molecule has 1 atom stereocenters. The van der Waals surface area contributed by atoms with E-state index in [1.165, 1.54) is 0 Å². The SMILES string of the molecule is O=C[C]1[CH][CH][CH][C]1C1=NC(c2ccccc2)CO1.[CH]1[CH][CH][CH][CH]1.[Fe]. The summed E-state index contributed by atoms with van der Waals surface area (Å²) in [5, 5.41) is 0. The minimum atomic E-state index is 0. The van der Waals surface area contributed by atoms with Crippen molar-refractivity contribution < 1.29 is 26.6 Å². The first-order valence-corrected chi connectivity index (χ1v) is 7.52. The molecule has 2 fully saturated rings. The molecule has 3 aliphatic rings. The quantitative estimate of drug-likeness (QED) is 0.614. The summed E-state index contributed by atoms with van der Waals surface area (Å²) in [5.74, 6) is 1.97. The van der Waals surface area contributed by atoms with Crippen LogP contribution in [0, 0.1) is 63.2 Å². The first-order chi connectivity index (χ1) is 11.4. The van der Waals surface area contributed by atoms with Crippen molar-refractivity contribution in [2.75, 3.05) is 6.61 Å². The van der Waals surface area contributed by atoms with Gasteiger partial charge in [0.1, 0.15) is 18.9 Å². The van der Waals surface area contributed by atoms with Crippen LogP contribution in [0.15, 0.2) is 35.3 Å². The van der Waals surface area contributed by atoms with Crippen LogP contribution in [0.1, 0.15) is 11.6 Å². The molecule has 1 heterocycles. The molecular weight excluding hydrogens is 342 g/mol. The Hall–Kier alpha value is -1.12. The number of carbonyl (C=O) groups is 1. The Bertz CT molecular complexity index is 520. The molecule has 3 nitrogen and oxygen atoms in total. The van der Waals surface area contributed by atoms with Gasteiger partial charge in [-0.1, -0.05) is 30.3 Å². The summed E-state index contributed by atoms with van der Waals surface area (Å²) in [7, 11) is 0. The van der Waals surface area contributed by atoms with Crippen LogP contribution < -0.4 is 0 Å². The number of aliphatic imine (C=N–C) groups is 1. The molecule has 2 saturated carbocycles. The van der Waals surface area contributed by atoms with Gasteiger partial charge in [-0.15, -0.1) is 0 Å². The Labute approximate surface area is 155 Å². The van der Waals surface area contributed by atoms with Gasteiger partial charge in [0.05, 0.1) is 11.8 Å². The van der Waals surface area contributed by atoms with Crippen LogP contribution >= 0.6 is 0 Å². The third-order valence-electron chi connectivity index (χ3n) is 3.60. The van der Waals surface area contributed by atoms with Crippen molar-refractivity contribution in [2.45, 2.75) is 6.04 Å². The van der Waals surface area contributed by atoms with E-state index < -0.39 is 0 Å². The van der Waals surface area contributed by atoms with Crippen molar-refractivity contribution in [3.8, 4) is 0 Å². The van der Waals surface area contributed by atoms with Crippen LogP contribution in [0.3, 0.4) is 0 Å². The molecule has 0 spiro atoms. The van der Waals surface area contributed by atoms with Gasteiger partial charge in [0.2, 0.25) is 0 Å². The van der Waals surface area contributed by atoms with Crippen LogP contribution in [0.5, 0.6) is 0 Å². The second-order valence-electron chi connectivity index (χ2n) is 5.15. The predicted molar refractivity (Wildman–Crippen MR) is 89.5 cm³/mol. The smallest absolute Gasteiger partial charge is 0.192 e. The maximum atomic E-state index is 10.9. The van der Waals surface area contributed by atoms with E-state index in [2.05, 4.69) is 4.99 Å². The van der Waals surface area contributed by atoms with Crippen molar-refractivity contribution >= 4 is 12.2 Å². The number of aldehydes is 1. The molecule has 4 rings (SSSR count). The molecule has 0 bridgehead atoms. The molecule has 1 aliphatic heterocycles. The van der Waals surface area contributed by atoms with Gasteiger partial charge in [-0.3, -0.25) is 0 Å². The van der Waals surface area contributed by atoms with Crippen LogP contribution in [0.25, 0.3) is 0 Å². The van der Waals surface area contributed by atoms with Gasteiger partial charge in [0, 0.05) is 17.1 Å². The number of ether oxygens (including phenoxy) is 1. The Morgan fingerprint density at radius 2 is 1.62 bits per heavy atom. The minimum absolute atomic E-state index is 0. The van der Waals surface area contributed by atoms with Crippen LogP contribution in [-0.4, -0.2) is 18.8 Å².